The third-order valence-corrected chi connectivity index (χ3v) is 4.75. The van der Waals surface area contributed by atoms with E-state index in [2.05, 4.69) is 0 Å². The van der Waals surface area contributed by atoms with E-state index in [1.807, 2.05) is 42.3 Å². The summed E-state index contributed by atoms with van der Waals surface area (Å²) in [5, 5.41) is 10.7. The van der Waals surface area contributed by atoms with Crippen LogP contribution in [0.3, 0.4) is 0 Å². The fraction of sp³-hybridized carbons (Fsp3) is 0.471. The quantitative estimate of drug-likeness (QED) is 0.684. The summed E-state index contributed by atoms with van der Waals surface area (Å²) in [4.78, 5) is 13.9. The molecule has 0 radical (unpaired) electrons. The Morgan fingerprint density at radius 1 is 1.33 bits per heavy atom. The molecule has 3 rings (SSSR count). The molecule has 0 amide bonds. The molecule has 0 aromatic heterocycles. The number of hydrogen-bond donors (Lipinski definition) is 1. The van der Waals surface area contributed by atoms with Gasteiger partial charge in [0.1, 0.15) is 6.10 Å². The Labute approximate surface area is 125 Å². The first-order valence-electron chi connectivity index (χ1n) is 7.48. The summed E-state index contributed by atoms with van der Waals surface area (Å²) in [7, 11) is 1.91. The van der Waals surface area contributed by atoms with Gasteiger partial charge in [-0.25, -0.2) is 4.79 Å². The van der Waals surface area contributed by atoms with E-state index in [0.29, 0.717) is 12.5 Å². The van der Waals surface area contributed by atoms with Gasteiger partial charge in [0.2, 0.25) is 0 Å². The predicted molar refractivity (Wildman–Crippen MR) is 80.3 cm³/mol. The number of hydrogen-bond acceptors (Lipinski definition) is 4. The molecule has 2 fully saturated rings. The first kappa shape index (κ1) is 14.3. The Balaban J connectivity index is 1.64. The van der Waals surface area contributed by atoms with E-state index in [-0.39, 0.29) is 0 Å². The van der Waals surface area contributed by atoms with E-state index in [1.54, 1.807) is 6.08 Å². The fourth-order valence-corrected chi connectivity index (χ4v) is 3.43. The van der Waals surface area contributed by atoms with Crippen LogP contribution in [0.5, 0.6) is 0 Å². The zero-order valence-electron chi connectivity index (χ0n) is 12.2. The Kier molecular flexibility index (Phi) is 3.83. The van der Waals surface area contributed by atoms with Gasteiger partial charge in [-0.2, -0.15) is 0 Å². The van der Waals surface area contributed by atoms with Crippen molar-refractivity contribution in [2.24, 2.45) is 0 Å². The van der Waals surface area contributed by atoms with Crippen LogP contribution in [0, 0.1) is 0 Å². The number of esters is 1. The van der Waals surface area contributed by atoms with Crippen LogP contribution in [0.25, 0.3) is 6.08 Å². The highest BCUT2D eigenvalue weighted by molar-refractivity contribution is 5.87. The second-order valence-corrected chi connectivity index (χ2v) is 5.93. The lowest BCUT2D eigenvalue weighted by Gasteiger charge is -2.43. The summed E-state index contributed by atoms with van der Waals surface area (Å²) in [6.45, 7) is 0. The SMILES string of the molecule is CN1C2CCC(OC(=O)/C=C/c3ccccc3)C1(O)CC2. The first-order chi connectivity index (χ1) is 10.1. The lowest BCUT2D eigenvalue weighted by molar-refractivity contribution is -0.200. The maximum absolute atomic E-state index is 12.0. The molecule has 112 valence electrons. The minimum Gasteiger partial charge on any atom is -0.455 e. The standard InChI is InChI=1S/C17H21NO3/c1-18-14-8-9-15(17(18,20)12-11-14)21-16(19)10-7-13-5-3-2-4-6-13/h2-7,10,14-15,20H,8-9,11-12H2,1H3/b10-7+. The number of fused-ring (bicyclic) bond motifs is 2. The van der Waals surface area contributed by atoms with Crippen molar-refractivity contribution in [3.8, 4) is 0 Å². The minimum absolute atomic E-state index is 0.393. The van der Waals surface area contributed by atoms with Crippen molar-refractivity contribution < 1.29 is 14.6 Å². The molecule has 21 heavy (non-hydrogen) atoms. The maximum atomic E-state index is 12.0. The molecule has 2 heterocycles. The number of carbonyl (C=O) groups excluding carboxylic acids is 1. The van der Waals surface area contributed by atoms with Crippen molar-refractivity contribution in [3.63, 3.8) is 0 Å². The molecule has 2 aliphatic rings. The minimum atomic E-state index is -0.987. The average Bonchev–Trinajstić information content (AvgIpc) is 2.68. The molecule has 3 unspecified atom stereocenters. The average molecular weight is 287 g/mol. The third-order valence-electron chi connectivity index (χ3n) is 4.75. The monoisotopic (exact) mass is 287 g/mol. The van der Waals surface area contributed by atoms with Crippen molar-refractivity contribution in [2.75, 3.05) is 7.05 Å². The summed E-state index contributed by atoms with van der Waals surface area (Å²) < 4.78 is 5.50. The lowest BCUT2D eigenvalue weighted by Crippen LogP contribution is -2.57. The summed E-state index contributed by atoms with van der Waals surface area (Å²) in [6, 6.07) is 10.0. The maximum Gasteiger partial charge on any atom is 0.331 e. The van der Waals surface area contributed by atoms with Crippen molar-refractivity contribution >= 4 is 12.0 Å². The molecule has 2 saturated heterocycles. The van der Waals surface area contributed by atoms with E-state index in [9.17, 15) is 9.90 Å². The van der Waals surface area contributed by atoms with Crippen molar-refractivity contribution in [3.05, 3.63) is 42.0 Å². The predicted octanol–water partition coefficient (Wildman–Crippen LogP) is 2.19. The van der Waals surface area contributed by atoms with Crippen LogP contribution in [0.1, 0.15) is 31.2 Å². The molecule has 1 aromatic carbocycles. The van der Waals surface area contributed by atoms with Gasteiger partial charge in [-0.15, -0.1) is 0 Å². The molecule has 2 aliphatic heterocycles. The van der Waals surface area contributed by atoms with Crippen LogP contribution in [0.2, 0.25) is 0 Å². The summed E-state index contributed by atoms with van der Waals surface area (Å²) in [5.41, 5.74) is -0.0334. The fourth-order valence-electron chi connectivity index (χ4n) is 3.43. The molecule has 4 nitrogen and oxygen atoms in total. The number of carbonyl (C=O) groups is 1. The largest absolute Gasteiger partial charge is 0.455 e. The van der Waals surface area contributed by atoms with Gasteiger partial charge in [0, 0.05) is 12.1 Å². The molecular weight excluding hydrogens is 266 g/mol. The first-order valence-corrected chi connectivity index (χ1v) is 7.48. The number of benzene rings is 1. The second kappa shape index (κ2) is 5.62. The van der Waals surface area contributed by atoms with Gasteiger partial charge in [0.15, 0.2) is 5.72 Å². The zero-order valence-corrected chi connectivity index (χ0v) is 12.2. The number of aliphatic hydroxyl groups is 1. The van der Waals surface area contributed by atoms with Crippen LogP contribution >= 0.6 is 0 Å². The van der Waals surface area contributed by atoms with Gasteiger partial charge >= 0.3 is 5.97 Å². The lowest BCUT2D eigenvalue weighted by atomic mass is 9.97. The van der Waals surface area contributed by atoms with Gasteiger partial charge in [-0.1, -0.05) is 30.3 Å². The third kappa shape index (κ3) is 2.74. The van der Waals surface area contributed by atoms with Crippen molar-refractivity contribution in [2.45, 2.75) is 43.6 Å². The molecule has 1 N–H and O–H groups in total. The van der Waals surface area contributed by atoms with Gasteiger partial charge < -0.3 is 9.84 Å². The van der Waals surface area contributed by atoms with Gasteiger partial charge in [-0.3, -0.25) is 4.90 Å². The Bertz CT molecular complexity index is 542. The van der Waals surface area contributed by atoms with E-state index >= 15 is 0 Å². The van der Waals surface area contributed by atoms with Gasteiger partial charge in [0.05, 0.1) is 0 Å². The van der Waals surface area contributed by atoms with E-state index in [1.165, 1.54) is 6.08 Å². The Morgan fingerprint density at radius 3 is 2.86 bits per heavy atom. The number of likely N-dealkylation sites (N-methyl/N-ethyl adjacent to an activating group) is 1. The van der Waals surface area contributed by atoms with Gasteiger partial charge in [0.25, 0.3) is 0 Å². The van der Waals surface area contributed by atoms with E-state index in [0.717, 1.165) is 24.8 Å². The second-order valence-electron chi connectivity index (χ2n) is 5.93. The molecular formula is C17H21NO3. The highest BCUT2D eigenvalue weighted by Crippen LogP contribution is 2.42. The summed E-state index contributed by atoms with van der Waals surface area (Å²) in [5.74, 6) is -0.393. The molecule has 2 bridgehead atoms. The molecule has 0 spiro atoms. The highest BCUT2D eigenvalue weighted by atomic mass is 16.6. The van der Waals surface area contributed by atoms with Crippen molar-refractivity contribution in [1.82, 2.24) is 4.90 Å². The smallest absolute Gasteiger partial charge is 0.331 e. The normalized spacial score (nSPS) is 32.5. The number of rotatable bonds is 3. The highest BCUT2D eigenvalue weighted by Gasteiger charge is 2.53. The van der Waals surface area contributed by atoms with Crippen LogP contribution in [-0.2, 0) is 9.53 Å². The number of ether oxygens (including phenoxy) is 1. The molecule has 4 heteroatoms. The molecule has 1 aromatic rings. The van der Waals surface area contributed by atoms with E-state index in [4.69, 9.17) is 4.74 Å². The van der Waals surface area contributed by atoms with Gasteiger partial charge in [-0.05, 0) is 44.4 Å². The van der Waals surface area contributed by atoms with Crippen LogP contribution in [0.15, 0.2) is 36.4 Å². The van der Waals surface area contributed by atoms with E-state index < -0.39 is 17.8 Å². The number of nitrogens with zero attached hydrogens (tertiary/aromatic N) is 1. The zero-order chi connectivity index (χ0) is 14.9. The van der Waals surface area contributed by atoms with Crippen molar-refractivity contribution in [1.29, 1.82) is 0 Å². The van der Waals surface area contributed by atoms with Crippen LogP contribution in [0.4, 0.5) is 0 Å². The molecule has 3 atom stereocenters. The Morgan fingerprint density at radius 2 is 2.10 bits per heavy atom. The molecule has 0 aliphatic carbocycles. The summed E-state index contributed by atoms with van der Waals surface area (Å²) in [6.07, 6.45) is 6.08. The van der Waals surface area contributed by atoms with Crippen LogP contribution in [-0.4, -0.2) is 40.9 Å². The molecule has 0 saturated carbocycles. The van der Waals surface area contributed by atoms with Crippen LogP contribution < -0.4 is 0 Å². The Hall–Kier alpha value is -1.65. The summed E-state index contributed by atoms with van der Waals surface area (Å²) >= 11 is 0. The topological polar surface area (TPSA) is 49.8 Å². The number of piperidine rings is 1.